The van der Waals surface area contributed by atoms with E-state index in [0.29, 0.717) is 32.3 Å². The normalized spacial score (nSPS) is 27.3. The number of fused-ring (bicyclic) bond motifs is 1. The SMILES string of the molecule is CC[C@]1(C)CC(=O)N(C(CCOC)[C@@H]2C[C@H]2C(=O)N[C@@H]2CC(C)(C)Oc3ccccc32)C(=N)N1.O=C(O)C(F)(F)F. The minimum atomic E-state index is -5.08. The van der Waals surface area contributed by atoms with Crippen molar-refractivity contribution in [3.63, 3.8) is 0 Å². The number of carbonyl (C=O) groups excluding carboxylic acids is 2. The van der Waals surface area contributed by atoms with Crippen molar-refractivity contribution in [1.29, 1.82) is 5.41 Å². The molecule has 1 aromatic rings. The number of amides is 2. The lowest BCUT2D eigenvalue weighted by Crippen LogP contribution is -2.63. The second kappa shape index (κ2) is 12.3. The molecule has 3 aliphatic rings. The predicted octanol–water partition coefficient (Wildman–Crippen LogP) is 4.00. The van der Waals surface area contributed by atoms with Crippen molar-refractivity contribution in [2.45, 2.75) is 89.2 Å². The number of carboxylic acids is 1. The summed E-state index contributed by atoms with van der Waals surface area (Å²) in [7, 11) is 1.63. The maximum absolute atomic E-state index is 13.3. The number of ether oxygens (including phenoxy) is 2. The minimum absolute atomic E-state index is 0.00673. The van der Waals surface area contributed by atoms with Crippen molar-refractivity contribution in [2.24, 2.45) is 11.8 Å². The lowest BCUT2D eigenvalue weighted by atomic mass is 9.89. The van der Waals surface area contributed by atoms with Crippen molar-refractivity contribution in [1.82, 2.24) is 15.5 Å². The maximum atomic E-state index is 13.3. The first-order valence-electron chi connectivity index (χ1n) is 13.6. The highest BCUT2D eigenvalue weighted by Crippen LogP contribution is 2.46. The Morgan fingerprint density at radius 1 is 1.29 bits per heavy atom. The summed E-state index contributed by atoms with van der Waals surface area (Å²) in [5.41, 5.74) is 0.225. The Morgan fingerprint density at radius 3 is 2.49 bits per heavy atom. The molecule has 1 aliphatic carbocycles. The number of hydrogen-bond acceptors (Lipinski definition) is 6. The van der Waals surface area contributed by atoms with Gasteiger partial charge < -0.3 is 25.2 Å². The molecule has 0 aromatic heterocycles. The van der Waals surface area contributed by atoms with E-state index in [1.807, 2.05) is 52.0 Å². The van der Waals surface area contributed by atoms with E-state index in [4.69, 9.17) is 24.8 Å². The Kier molecular flexibility index (Phi) is 9.62. The molecule has 0 spiro atoms. The summed E-state index contributed by atoms with van der Waals surface area (Å²) in [4.78, 5) is 36.9. The molecular formula is C28H39F3N4O6. The average Bonchev–Trinajstić information content (AvgIpc) is 3.65. The molecule has 2 fully saturated rings. The number of nitrogens with zero attached hydrogens (tertiary/aromatic N) is 1. The molecule has 4 rings (SSSR count). The molecule has 228 valence electrons. The maximum Gasteiger partial charge on any atom is 0.490 e. The van der Waals surface area contributed by atoms with Crippen LogP contribution in [-0.2, 0) is 19.1 Å². The van der Waals surface area contributed by atoms with Gasteiger partial charge in [-0.2, -0.15) is 13.2 Å². The van der Waals surface area contributed by atoms with E-state index < -0.39 is 17.7 Å². The van der Waals surface area contributed by atoms with Crippen LogP contribution in [0.25, 0.3) is 0 Å². The van der Waals surface area contributed by atoms with Crippen LogP contribution in [0.4, 0.5) is 13.2 Å². The number of alkyl halides is 3. The van der Waals surface area contributed by atoms with E-state index in [9.17, 15) is 22.8 Å². The van der Waals surface area contributed by atoms with Crippen LogP contribution in [-0.4, -0.2) is 70.8 Å². The number of benzene rings is 1. The zero-order chi connectivity index (χ0) is 30.8. The fourth-order valence-electron chi connectivity index (χ4n) is 5.42. The molecule has 2 amide bonds. The summed E-state index contributed by atoms with van der Waals surface area (Å²) in [6.07, 6.45) is -2.00. The summed E-state index contributed by atoms with van der Waals surface area (Å²) >= 11 is 0. The largest absolute Gasteiger partial charge is 0.490 e. The smallest absolute Gasteiger partial charge is 0.487 e. The Labute approximate surface area is 237 Å². The average molecular weight is 585 g/mol. The number of carbonyl (C=O) groups is 3. The zero-order valence-electron chi connectivity index (χ0n) is 23.9. The molecule has 1 unspecified atom stereocenters. The van der Waals surface area contributed by atoms with Crippen molar-refractivity contribution < 1.29 is 42.1 Å². The topological polar surface area (TPSA) is 141 Å². The van der Waals surface area contributed by atoms with Crippen LogP contribution in [0.15, 0.2) is 24.3 Å². The Hall–Kier alpha value is -3.35. The third kappa shape index (κ3) is 7.90. The van der Waals surface area contributed by atoms with Crippen molar-refractivity contribution in [2.75, 3.05) is 13.7 Å². The Morgan fingerprint density at radius 2 is 1.93 bits per heavy atom. The lowest BCUT2D eigenvalue weighted by Gasteiger charge is -2.43. The minimum Gasteiger partial charge on any atom is -0.487 e. The van der Waals surface area contributed by atoms with Gasteiger partial charge in [-0.25, -0.2) is 4.79 Å². The summed E-state index contributed by atoms with van der Waals surface area (Å²) in [5, 5.41) is 22.2. The third-order valence-corrected chi connectivity index (χ3v) is 7.81. The highest BCUT2D eigenvalue weighted by Gasteiger charge is 2.53. The van der Waals surface area contributed by atoms with Gasteiger partial charge >= 0.3 is 12.1 Å². The monoisotopic (exact) mass is 584 g/mol. The Balaban J connectivity index is 0.000000587. The van der Waals surface area contributed by atoms with Crippen molar-refractivity contribution >= 4 is 23.7 Å². The van der Waals surface area contributed by atoms with Crippen LogP contribution < -0.4 is 15.4 Å². The van der Waals surface area contributed by atoms with Crippen LogP contribution >= 0.6 is 0 Å². The number of halogens is 3. The third-order valence-electron chi connectivity index (χ3n) is 7.81. The van der Waals surface area contributed by atoms with E-state index in [1.165, 1.54) is 0 Å². The standard InChI is InChI=1S/C26H38N4O4.C2HF3O2/c1-6-26(4)15-22(31)30(24(27)29-26)20(11-12-33-5)17-13-18(17)23(32)28-19-14-25(2,3)34-21-10-8-7-9-16(19)21;3-2(4,5)1(6)7/h7-10,17-20H,6,11-15H2,1-5H3,(H2,27,29)(H,28,32);(H,6,7)/t17-,18-,19-,20?,26-;/m1./s1. The molecule has 41 heavy (non-hydrogen) atoms. The molecule has 1 saturated heterocycles. The predicted molar refractivity (Wildman–Crippen MR) is 143 cm³/mol. The first-order valence-corrected chi connectivity index (χ1v) is 13.6. The summed E-state index contributed by atoms with van der Waals surface area (Å²) in [6.45, 7) is 8.53. The van der Waals surface area contributed by atoms with Crippen LogP contribution in [0.2, 0.25) is 0 Å². The van der Waals surface area contributed by atoms with Gasteiger partial charge in [0.2, 0.25) is 11.8 Å². The van der Waals surface area contributed by atoms with Gasteiger partial charge in [-0.1, -0.05) is 25.1 Å². The number of guanidine groups is 1. The fourth-order valence-corrected chi connectivity index (χ4v) is 5.42. The van der Waals surface area contributed by atoms with Gasteiger partial charge in [0, 0.05) is 43.2 Å². The fraction of sp³-hybridized carbons (Fsp3) is 0.643. The molecule has 0 radical (unpaired) electrons. The molecular weight excluding hydrogens is 545 g/mol. The highest BCUT2D eigenvalue weighted by atomic mass is 19.4. The van der Waals surface area contributed by atoms with Gasteiger partial charge in [0.15, 0.2) is 5.96 Å². The summed E-state index contributed by atoms with van der Waals surface area (Å²) in [5.74, 6) is -2.03. The Bertz CT molecular complexity index is 1140. The molecule has 1 aromatic carbocycles. The van der Waals surface area contributed by atoms with E-state index in [1.54, 1.807) is 12.0 Å². The van der Waals surface area contributed by atoms with E-state index in [2.05, 4.69) is 10.6 Å². The number of hydrogen-bond donors (Lipinski definition) is 4. The summed E-state index contributed by atoms with van der Waals surface area (Å²) in [6, 6.07) is 7.51. The number of rotatable bonds is 8. The zero-order valence-corrected chi connectivity index (χ0v) is 23.9. The highest BCUT2D eigenvalue weighted by molar-refractivity contribution is 5.99. The van der Waals surface area contributed by atoms with Gasteiger partial charge in [0.1, 0.15) is 11.4 Å². The number of para-hydroxylation sites is 1. The molecule has 10 nitrogen and oxygen atoms in total. The van der Waals surface area contributed by atoms with Crippen LogP contribution in [0.5, 0.6) is 5.75 Å². The van der Waals surface area contributed by atoms with E-state index >= 15 is 0 Å². The van der Waals surface area contributed by atoms with Crippen molar-refractivity contribution in [3.8, 4) is 5.75 Å². The quantitative estimate of drug-likeness (QED) is 0.362. The van der Waals surface area contributed by atoms with Crippen LogP contribution in [0, 0.1) is 17.2 Å². The number of carboxylic acid groups (broad SMARTS) is 1. The summed E-state index contributed by atoms with van der Waals surface area (Å²) < 4.78 is 43.1. The molecule has 0 bridgehead atoms. The number of aliphatic carboxylic acids is 1. The van der Waals surface area contributed by atoms with Gasteiger partial charge in [-0.05, 0) is 52.0 Å². The van der Waals surface area contributed by atoms with Gasteiger partial charge in [0.05, 0.1) is 12.5 Å². The number of nitrogens with one attached hydrogen (secondary N) is 3. The van der Waals surface area contributed by atoms with E-state index in [0.717, 1.165) is 17.7 Å². The second-order valence-corrected chi connectivity index (χ2v) is 11.7. The molecule has 2 heterocycles. The number of methoxy groups -OCH3 is 1. The molecule has 1 saturated carbocycles. The first kappa shape index (κ1) is 32.2. The molecule has 2 aliphatic heterocycles. The lowest BCUT2D eigenvalue weighted by molar-refractivity contribution is -0.192. The van der Waals surface area contributed by atoms with E-state index in [-0.39, 0.29) is 47.3 Å². The molecule has 5 atom stereocenters. The van der Waals surface area contributed by atoms with Crippen molar-refractivity contribution in [3.05, 3.63) is 29.8 Å². The van der Waals surface area contributed by atoms with Crippen LogP contribution in [0.1, 0.15) is 71.4 Å². The van der Waals surface area contributed by atoms with Gasteiger partial charge in [-0.3, -0.25) is 19.9 Å². The molecule has 13 heteroatoms. The first-order chi connectivity index (χ1) is 19.0. The van der Waals surface area contributed by atoms with Crippen LogP contribution in [0.3, 0.4) is 0 Å². The second-order valence-electron chi connectivity index (χ2n) is 11.7. The van der Waals surface area contributed by atoms with Gasteiger partial charge in [-0.15, -0.1) is 0 Å². The molecule has 4 N–H and O–H groups in total. The van der Waals surface area contributed by atoms with Gasteiger partial charge in [0.25, 0.3) is 0 Å².